The van der Waals surface area contributed by atoms with Crippen molar-refractivity contribution < 1.29 is 19.8 Å². The van der Waals surface area contributed by atoms with Crippen molar-refractivity contribution in [2.45, 2.75) is 12.5 Å². The van der Waals surface area contributed by atoms with Gasteiger partial charge in [-0.2, -0.15) is 0 Å². The van der Waals surface area contributed by atoms with E-state index in [9.17, 15) is 9.59 Å². The van der Waals surface area contributed by atoms with Crippen LogP contribution in [-0.4, -0.2) is 34.7 Å². The Bertz CT molecular complexity index is 633. The smallest absolute Gasteiger partial charge is 0.334 e. The number of aliphatic hydroxyl groups is 1. The molecule has 0 heterocycles. The first-order chi connectivity index (χ1) is 9.58. The van der Waals surface area contributed by atoms with Crippen LogP contribution in [0.25, 0.3) is 10.8 Å². The van der Waals surface area contributed by atoms with Crippen molar-refractivity contribution in [2.24, 2.45) is 0 Å². The Morgan fingerprint density at radius 3 is 2.55 bits per heavy atom. The topological polar surface area (TPSA) is 86.6 Å². The van der Waals surface area contributed by atoms with Crippen LogP contribution >= 0.6 is 0 Å². The van der Waals surface area contributed by atoms with Gasteiger partial charge in [0, 0.05) is 0 Å². The predicted octanol–water partition coefficient (Wildman–Crippen LogP) is 0.944. The summed E-state index contributed by atoms with van der Waals surface area (Å²) in [5, 5.41) is 22.1. The van der Waals surface area contributed by atoms with Gasteiger partial charge in [0.25, 0.3) is 0 Å². The largest absolute Gasteiger partial charge is 0.479 e. The van der Waals surface area contributed by atoms with E-state index >= 15 is 0 Å². The second kappa shape index (κ2) is 6.16. The lowest BCUT2D eigenvalue weighted by Gasteiger charge is -2.09. The molecule has 104 valence electrons. The number of amides is 1. The van der Waals surface area contributed by atoms with E-state index in [4.69, 9.17) is 10.2 Å². The van der Waals surface area contributed by atoms with Gasteiger partial charge in [0.1, 0.15) is 0 Å². The van der Waals surface area contributed by atoms with Crippen LogP contribution < -0.4 is 5.32 Å². The van der Waals surface area contributed by atoms with Gasteiger partial charge >= 0.3 is 5.97 Å². The van der Waals surface area contributed by atoms with Gasteiger partial charge in [-0.25, -0.2) is 4.79 Å². The van der Waals surface area contributed by atoms with Gasteiger partial charge in [-0.15, -0.1) is 0 Å². The van der Waals surface area contributed by atoms with E-state index in [0.29, 0.717) is 0 Å². The molecule has 5 heteroatoms. The average Bonchev–Trinajstić information content (AvgIpc) is 2.45. The number of hydrogen-bond acceptors (Lipinski definition) is 3. The number of carboxylic acids is 1. The summed E-state index contributed by atoms with van der Waals surface area (Å²) >= 11 is 0. The molecule has 2 aromatic rings. The molecule has 2 rings (SSSR count). The number of rotatable bonds is 5. The summed E-state index contributed by atoms with van der Waals surface area (Å²) in [6, 6.07) is 13.4. The minimum absolute atomic E-state index is 0.147. The number of benzene rings is 2. The van der Waals surface area contributed by atoms with Crippen molar-refractivity contribution in [3.8, 4) is 0 Å². The molecule has 0 aliphatic heterocycles. The zero-order valence-corrected chi connectivity index (χ0v) is 10.7. The molecule has 1 amide bonds. The van der Waals surface area contributed by atoms with Gasteiger partial charge < -0.3 is 15.5 Å². The molecule has 5 nitrogen and oxygen atoms in total. The third-order valence-corrected chi connectivity index (χ3v) is 3.01. The van der Waals surface area contributed by atoms with E-state index in [1.54, 1.807) is 0 Å². The third kappa shape index (κ3) is 3.33. The van der Waals surface area contributed by atoms with Gasteiger partial charge in [-0.1, -0.05) is 42.5 Å². The first-order valence-electron chi connectivity index (χ1n) is 6.22. The zero-order valence-electron chi connectivity index (χ0n) is 10.7. The molecular weight excluding hydrogens is 258 g/mol. The van der Waals surface area contributed by atoms with Gasteiger partial charge in [0.05, 0.1) is 13.0 Å². The van der Waals surface area contributed by atoms with E-state index in [1.807, 2.05) is 42.5 Å². The maximum absolute atomic E-state index is 11.8. The highest BCUT2D eigenvalue weighted by atomic mass is 16.4. The molecule has 0 fully saturated rings. The molecule has 0 radical (unpaired) electrons. The van der Waals surface area contributed by atoms with Crippen LogP contribution in [0.15, 0.2) is 42.5 Å². The first kappa shape index (κ1) is 14.0. The maximum Gasteiger partial charge on any atom is 0.334 e. The fraction of sp³-hybridized carbons (Fsp3) is 0.200. The van der Waals surface area contributed by atoms with Crippen molar-refractivity contribution in [3.05, 3.63) is 48.0 Å². The quantitative estimate of drug-likeness (QED) is 0.757. The maximum atomic E-state index is 11.8. The second-order valence-electron chi connectivity index (χ2n) is 4.47. The lowest BCUT2D eigenvalue weighted by molar-refractivity contribution is -0.146. The van der Waals surface area contributed by atoms with Gasteiger partial charge in [0.2, 0.25) is 5.91 Å². The zero-order chi connectivity index (χ0) is 14.5. The van der Waals surface area contributed by atoms with Crippen LogP contribution in [0.4, 0.5) is 0 Å². The molecule has 0 aliphatic carbocycles. The van der Waals surface area contributed by atoms with Crippen molar-refractivity contribution in [3.63, 3.8) is 0 Å². The van der Waals surface area contributed by atoms with E-state index in [1.165, 1.54) is 0 Å². The summed E-state index contributed by atoms with van der Waals surface area (Å²) in [4.78, 5) is 22.2. The predicted molar refractivity (Wildman–Crippen MR) is 74.3 cm³/mol. The van der Waals surface area contributed by atoms with E-state index in [0.717, 1.165) is 16.3 Å². The number of aliphatic carboxylic acids is 1. The Morgan fingerprint density at radius 1 is 1.10 bits per heavy atom. The van der Waals surface area contributed by atoms with Crippen LogP contribution in [-0.2, 0) is 16.0 Å². The molecule has 3 N–H and O–H groups in total. The summed E-state index contributed by atoms with van der Waals surface area (Å²) in [7, 11) is 0. The van der Waals surface area contributed by atoms with Crippen LogP contribution in [0.1, 0.15) is 5.56 Å². The van der Waals surface area contributed by atoms with E-state index in [-0.39, 0.29) is 18.9 Å². The van der Waals surface area contributed by atoms with Crippen LogP contribution in [0.2, 0.25) is 0 Å². The first-order valence-corrected chi connectivity index (χ1v) is 6.22. The Hall–Kier alpha value is -2.40. The lowest BCUT2D eigenvalue weighted by atomic mass is 10.0. The summed E-state index contributed by atoms with van der Waals surface area (Å²) in [6.45, 7) is -0.293. The SMILES string of the molecule is O=C(Cc1cccc2ccccc12)NCC(O)C(=O)O. The minimum atomic E-state index is -1.58. The number of aliphatic hydroxyl groups excluding tert-OH is 1. The van der Waals surface area contributed by atoms with Crippen molar-refractivity contribution >= 4 is 22.6 Å². The number of carbonyl (C=O) groups excluding carboxylic acids is 1. The molecule has 20 heavy (non-hydrogen) atoms. The second-order valence-corrected chi connectivity index (χ2v) is 4.47. The minimum Gasteiger partial charge on any atom is -0.479 e. The number of nitrogens with one attached hydrogen (secondary N) is 1. The van der Waals surface area contributed by atoms with Crippen LogP contribution in [0.3, 0.4) is 0 Å². The standard InChI is InChI=1S/C15H15NO4/c17-13(15(19)20)9-16-14(18)8-11-6-3-5-10-4-1-2-7-12(10)11/h1-7,13,17H,8-9H2,(H,16,18)(H,19,20). The number of fused-ring (bicyclic) bond motifs is 1. The average molecular weight is 273 g/mol. The van der Waals surface area contributed by atoms with Gasteiger partial charge in [-0.3, -0.25) is 4.79 Å². The van der Waals surface area contributed by atoms with Crippen molar-refractivity contribution in [2.75, 3.05) is 6.54 Å². The molecule has 2 aromatic carbocycles. The highest BCUT2D eigenvalue weighted by Crippen LogP contribution is 2.18. The lowest BCUT2D eigenvalue weighted by Crippen LogP contribution is -2.37. The molecule has 1 atom stereocenters. The Morgan fingerprint density at radius 2 is 1.80 bits per heavy atom. The van der Waals surface area contributed by atoms with Crippen molar-refractivity contribution in [1.29, 1.82) is 0 Å². The van der Waals surface area contributed by atoms with Crippen LogP contribution in [0.5, 0.6) is 0 Å². The Kier molecular flexibility index (Phi) is 4.32. The Balaban J connectivity index is 2.05. The number of carboxylic acid groups (broad SMARTS) is 1. The normalized spacial score (nSPS) is 12.1. The molecule has 0 bridgehead atoms. The fourth-order valence-corrected chi connectivity index (χ4v) is 1.98. The van der Waals surface area contributed by atoms with Gasteiger partial charge in [0.15, 0.2) is 6.10 Å². The van der Waals surface area contributed by atoms with Gasteiger partial charge in [-0.05, 0) is 16.3 Å². The number of carbonyl (C=O) groups is 2. The highest BCUT2D eigenvalue weighted by molar-refractivity contribution is 5.90. The molecule has 0 saturated carbocycles. The van der Waals surface area contributed by atoms with Crippen molar-refractivity contribution in [1.82, 2.24) is 5.32 Å². The third-order valence-electron chi connectivity index (χ3n) is 3.01. The molecule has 0 aliphatic rings. The fourth-order valence-electron chi connectivity index (χ4n) is 1.98. The molecule has 1 unspecified atom stereocenters. The molecular formula is C15H15NO4. The van der Waals surface area contributed by atoms with E-state index < -0.39 is 12.1 Å². The monoisotopic (exact) mass is 273 g/mol. The molecule has 0 saturated heterocycles. The number of hydrogen-bond donors (Lipinski definition) is 3. The molecule has 0 spiro atoms. The summed E-state index contributed by atoms with van der Waals surface area (Å²) in [5.74, 6) is -1.67. The molecule has 0 aromatic heterocycles. The van der Waals surface area contributed by atoms with E-state index in [2.05, 4.69) is 5.32 Å². The van der Waals surface area contributed by atoms with Crippen LogP contribution in [0, 0.1) is 0 Å². The summed E-state index contributed by atoms with van der Waals surface area (Å²) in [5.41, 5.74) is 0.866. The summed E-state index contributed by atoms with van der Waals surface area (Å²) < 4.78 is 0. The highest BCUT2D eigenvalue weighted by Gasteiger charge is 2.14. The Labute approximate surface area is 115 Å². The summed E-state index contributed by atoms with van der Waals surface area (Å²) in [6.07, 6.45) is -1.43.